The molecule has 132 valence electrons. The van der Waals surface area contributed by atoms with Crippen molar-refractivity contribution >= 4 is 11.7 Å². The average molecular weight is 333 g/mol. The number of aliphatic carboxylic acids is 1. The molecule has 1 aliphatic rings. The van der Waals surface area contributed by atoms with E-state index in [2.05, 4.69) is 18.1 Å². The van der Waals surface area contributed by atoms with Gasteiger partial charge in [-0.25, -0.2) is 0 Å². The SMILES string of the molecule is CCCCCCc1cc2c(cc1OCCCC(=O)O)C(=NO)CC2. The van der Waals surface area contributed by atoms with E-state index >= 15 is 0 Å². The number of carboxylic acids is 1. The highest BCUT2D eigenvalue weighted by Crippen LogP contribution is 2.31. The molecule has 2 N–H and O–H groups in total. The highest BCUT2D eigenvalue weighted by Gasteiger charge is 2.21. The number of fused-ring (bicyclic) bond motifs is 1. The number of rotatable bonds is 10. The Kier molecular flexibility index (Phi) is 7.09. The molecular weight excluding hydrogens is 306 g/mol. The maximum absolute atomic E-state index is 10.6. The van der Waals surface area contributed by atoms with Crippen molar-refractivity contribution in [3.05, 3.63) is 28.8 Å². The van der Waals surface area contributed by atoms with Gasteiger partial charge in [-0.05, 0) is 49.3 Å². The van der Waals surface area contributed by atoms with Crippen molar-refractivity contribution in [2.75, 3.05) is 6.61 Å². The lowest BCUT2D eigenvalue weighted by molar-refractivity contribution is -0.137. The number of ether oxygens (including phenoxy) is 1. The van der Waals surface area contributed by atoms with Crippen LogP contribution in [-0.2, 0) is 17.6 Å². The lowest BCUT2D eigenvalue weighted by Crippen LogP contribution is -2.05. The number of oxime groups is 1. The third-order valence-corrected chi connectivity index (χ3v) is 4.44. The zero-order valence-electron chi connectivity index (χ0n) is 14.4. The number of benzene rings is 1. The Labute approximate surface area is 143 Å². The van der Waals surface area contributed by atoms with Crippen LogP contribution < -0.4 is 4.74 Å². The van der Waals surface area contributed by atoms with Gasteiger partial charge in [-0.1, -0.05) is 37.4 Å². The van der Waals surface area contributed by atoms with E-state index in [9.17, 15) is 4.79 Å². The fourth-order valence-corrected chi connectivity index (χ4v) is 3.12. The Hall–Kier alpha value is -2.04. The molecule has 5 heteroatoms. The van der Waals surface area contributed by atoms with Crippen LogP contribution in [0.1, 0.15) is 68.6 Å². The summed E-state index contributed by atoms with van der Waals surface area (Å²) in [5, 5.41) is 21.2. The summed E-state index contributed by atoms with van der Waals surface area (Å²) in [5.74, 6) is 0.000676. The van der Waals surface area contributed by atoms with Crippen LogP contribution in [-0.4, -0.2) is 28.6 Å². The second kappa shape index (κ2) is 9.30. The second-order valence-corrected chi connectivity index (χ2v) is 6.32. The lowest BCUT2D eigenvalue weighted by atomic mass is 10.00. The van der Waals surface area contributed by atoms with Gasteiger partial charge in [0.1, 0.15) is 5.75 Å². The summed E-state index contributed by atoms with van der Waals surface area (Å²) in [4.78, 5) is 10.6. The molecule has 2 rings (SSSR count). The molecule has 0 unspecified atom stereocenters. The molecule has 0 radical (unpaired) electrons. The standard InChI is InChI=1S/C19H27NO4/c1-2-3-4-5-7-15-12-14-9-10-17(20-23)16(14)13-18(15)24-11-6-8-19(21)22/h12-13,23H,2-11H2,1H3,(H,21,22). The highest BCUT2D eigenvalue weighted by molar-refractivity contribution is 6.04. The molecule has 0 heterocycles. The van der Waals surface area contributed by atoms with Crippen LogP contribution in [0.5, 0.6) is 5.75 Å². The zero-order valence-corrected chi connectivity index (χ0v) is 14.4. The van der Waals surface area contributed by atoms with Gasteiger partial charge >= 0.3 is 5.97 Å². The monoisotopic (exact) mass is 333 g/mol. The van der Waals surface area contributed by atoms with Crippen molar-refractivity contribution in [2.45, 2.75) is 64.7 Å². The number of aryl methyl sites for hydroxylation is 2. The fourth-order valence-electron chi connectivity index (χ4n) is 3.12. The van der Waals surface area contributed by atoms with E-state index in [0.717, 1.165) is 37.0 Å². The highest BCUT2D eigenvalue weighted by atomic mass is 16.5. The Bertz CT molecular complexity index is 595. The predicted octanol–water partition coefficient (Wildman–Crippen LogP) is 4.18. The maximum Gasteiger partial charge on any atom is 0.303 e. The quantitative estimate of drug-likeness (QED) is 0.382. The molecule has 24 heavy (non-hydrogen) atoms. The number of carbonyl (C=O) groups is 1. The first-order chi connectivity index (χ1) is 11.7. The number of hydrogen-bond donors (Lipinski definition) is 2. The molecule has 0 spiro atoms. The molecule has 0 fully saturated rings. The minimum atomic E-state index is -0.804. The minimum Gasteiger partial charge on any atom is -0.493 e. The summed E-state index contributed by atoms with van der Waals surface area (Å²) < 4.78 is 5.86. The van der Waals surface area contributed by atoms with Crippen LogP contribution in [0.25, 0.3) is 0 Å². The molecular formula is C19H27NO4. The van der Waals surface area contributed by atoms with Crippen LogP contribution in [0.15, 0.2) is 17.3 Å². The van der Waals surface area contributed by atoms with Crippen LogP contribution in [0.2, 0.25) is 0 Å². The number of carboxylic acid groups (broad SMARTS) is 1. The Morgan fingerprint density at radius 3 is 2.75 bits per heavy atom. The van der Waals surface area contributed by atoms with E-state index in [1.54, 1.807) is 0 Å². The molecule has 0 amide bonds. The first-order valence-corrected chi connectivity index (χ1v) is 8.87. The van der Waals surface area contributed by atoms with Gasteiger partial charge in [0.25, 0.3) is 0 Å². The average Bonchev–Trinajstić information content (AvgIpc) is 2.97. The number of nitrogens with zero attached hydrogens (tertiary/aromatic N) is 1. The van der Waals surface area contributed by atoms with E-state index < -0.39 is 5.97 Å². The molecule has 0 saturated heterocycles. The van der Waals surface area contributed by atoms with Gasteiger partial charge in [0.15, 0.2) is 0 Å². The van der Waals surface area contributed by atoms with Gasteiger partial charge < -0.3 is 15.1 Å². The van der Waals surface area contributed by atoms with Gasteiger partial charge in [-0.3, -0.25) is 4.79 Å². The van der Waals surface area contributed by atoms with Crippen molar-refractivity contribution in [3.63, 3.8) is 0 Å². The Balaban J connectivity index is 2.09. The first kappa shape index (κ1) is 18.3. The van der Waals surface area contributed by atoms with Crippen molar-refractivity contribution < 1.29 is 19.8 Å². The normalized spacial score (nSPS) is 14.8. The molecule has 0 aliphatic heterocycles. The third kappa shape index (κ3) is 4.98. The predicted molar refractivity (Wildman–Crippen MR) is 93.3 cm³/mol. The van der Waals surface area contributed by atoms with Crippen LogP contribution in [0, 0.1) is 0 Å². The van der Waals surface area contributed by atoms with E-state index in [1.165, 1.54) is 30.4 Å². The van der Waals surface area contributed by atoms with Crippen molar-refractivity contribution in [3.8, 4) is 5.75 Å². The summed E-state index contributed by atoms with van der Waals surface area (Å²) in [7, 11) is 0. The molecule has 1 aliphatic carbocycles. The molecule has 0 bridgehead atoms. The van der Waals surface area contributed by atoms with Crippen LogP contribution >= 0.6 is 0 Å². The smallest absolute Gasteiger partial charge is 0.303 e. The number of hydrogen-bond acceptors (Lipinski definition) is 4. The van der Waals surface area contributed by atoms with E-state index in [-0.39, 0.29) is 6.42 Å². The molecule has 0 aromatic heterocycles. The van der Waals surface area contributed by atoms with Crippen molar-refractivity contribution in [2.24, 2.45) is 5.16 Å². The second-order valence-electron chi connectivity index (χ2n) is 6.32. The fraction of sp³-hybridized carbons (Fsp3) is 0.579. The molecule has 5 nitrogen and oxygen atoms in total. The van der Waals surface area contributed by atoms with Gasteiger partial charge in [-0.2, -0.15) is 0 Å². The Morgan fingerprint density at radius 1 is 1.21 bits per heavy atom. The van der Waals surface area contributed by atoms with Crippen molar-refractivity contribution in [1.29, 1.82) is 0 Å². The summed E-state index contributed by atoms with van der Waals surface area (Å²) in [5.41, 5.74) is 4.06. The van der Waals surface area contributed by atoms with E-state index in [1.807, 2.05) is 6.07 Å². The van der Waals surface area contributed by atoms with Gasteiger partial charge in [0, 0.05) is 12.0 Å². The molecule has 1 aromatic carbocycles. The summed E-state index contributed by atoms with van der Waals surface area (Å²) in [6.45, 7) is 2.58. The van der Waals surface area contributed by atoms with Gasteiger partial charge in [-0.15, -0.1) is 0 Å². The summed E-state index contributed by atoms with van der Waals surface area (Å²) in [6.07, 6.45) is 7.99. The zero-order chi connectivity index (χ0) is 17.4. The lowest BCUT2D eigenvalue weighted by Gasteiger charge is -2.14. The van der Waals surface area contributed by atoms with E-state index in [4.69, 9.17) is 15.1 Å². The molecule has 0 atom stereocenters. The first-order valence-electron chi connectivity index (χ1n) is 8.87. The minimum absolute atomic E-state index is 0.111. The molecule has 1 aromatic rings. The summed E-state index contributed by atoms with van der Waals surface area (Å²) in [6, 6.07) is 4.14. The van der Waals surface area contributed by atoms with Crippen LogP contribution in [0.4, 0.5) is 0 Å². The largest absolute Gasteiger partial charge is 0.493 e. The third-order valence-electron chi connectivity index (χ3n) is 4.44. The van der Waals surface area contributed by atoms with E-state index in [0.29, 0.717) is 18.7 Å². The van der Waals surface area contributed by atoms with Crippen molar-refractivity contribution in [1.82, 2.24) is 0 Å². The topological polar surface area (TPSA) is 79.1 Å². The summed E-state index contributed by atoms with van der Waals surface area (Å²) >= 11 is 0. The van der Waals surface area contributed by atoms with Crippen LogP contribution in [0.3, 0.4) is 0 Å². The Morgan fingerprint density at radius 2 is 2.04 bits per heavy atom. The molecule has 0 saturated carbocycles. The number of unbranched alkanes of at least 4 members (excludes halogenated alkanes) is 3. The van der Waals surface area contributed by atoms with Gasteiger partial charge in [0.05, 0.1) is 12.3 Å². The van der Waals surface area contributed by atoms with Gasteiger partial charge in [0.2, 0.25) is 0 Å². The maximum atomic E-state index is 10.6.